The summed E-state index contributed by atoms with van der Waals surface area (Å²) in [4.78, 5) is 15.3. The molecule has 1 amide bonds. The van der Waals surface area contributed by atoms with Crippen LogP contribution in [0.3, 0.4) is 0 Å². The van der Waals surface area contributed by atoms with Gasteiger partial charge in [0.1, 0.15) is 5.82 Å². The minimum absolute atomic E-state index is 0.0653. The van der Waals surface area contributed by atoms with Crippen molar-refractivity contribution < 1.29 is 23.1 Å². The summed E-state index contributed by atoms with van der Waals surface area (Å²) in [5, 5.41) is 9.40. The van der Waals surface area contributed by atoms with Crippen LogP contribution >= 0.6 is 11.6 Å². The molecule has 3 rings (SSSR count). The first-order valence-electron chi connectivity index (χ1n) is 7.29. The fourth-order valence-corrected chi connectivity index (χ4v) is 3.38. The molecule has 0 radical (unpaired) electrons. The van der Waals surface area contributed by atoms with E-state index >= 15 is 0 Å². The number of halogens is 4. The van der Waals surface area contributed by atoms with Crippen LogP contribution in [0.25, 0.3) is 0 Å². The molecule has 0 aliphatic carbocycles. The van der Waals surface area contributed by atoms with Gasteiger partial charge in [-0.25, -0.2) is 13.2 Å². The van der Waals surface area contributed by atoms with Gasteiger partial charge < -0.3 is 10.0 Å². The van der Waals surface area contributed by atoms with E-state index in [9.17, 15) is 23.1 Å². The van der Waals surface area contributed by atoms with Crippen LogP contribution in [0.15, 0.2) is 18.2 Å². The van der Waals surface area contributed by atoms with Gasteiger partial charge in [-0.2, -0.15) is 0 Å². The predicted molar refractivity (Wildman–Crippen MR) is 78.2 cm³/mol. The van der Waals surface area contributed by atoms with Crippen LogP contribution in [0.4, 0.5) is 13.2 Å². The van der Waals surface area contributed by atoms with Crippen molar-refractivity contribution >= 4 is 17.5 Å². The van der Waals surface area contributed by atoms with E-state index in [1.807, 2.05) is 0 Å². The Morgan fingerprint density at radius 3 is 2.74 bits per heavy atom. The van der Waals surface area contributed by atoms with Gasteiger partial charge in [0, 0.05) is 31.6 Å². The summed E-state index contributed by atoms with van der Waals surface area (Å²) in [6.07, 6.45) is -0.371. The minimum Gasteiger partial charge on any atom is -0.395 e. The molecule has 1 N–H and O–H groups in total. The van der Waals surface area contributed by atoms with Gasteiger partial charge in [-0.3, -0.25) is 9.69 Å². The van der Waals surface area contributed by atoms with E-state index in [2.05, 4.69) is 0 Å². The van der Waals surface area contributed by atoms with Crippen LogP contribution in [0.5, 0.6) is 0 Å². The summed E-state index contributed by atoms with van der Waals surface area (Å²) in [7, 11) is 0. The summed E-state index contributed by atoms with van der Waals surface area (Å²) < 4.78 is 40.2. The maximum absolute atomic E-state index is 13.5. The molecule has 2 saturated heterocycles. The molecule has 4 nitrogen and oxygen atoms in total. The summed E-state index contributed by atoms with van der Waals surface area (Å²) in [6.45, 7) is -0.224. The fourth-order valence-electron chi connectivity index (χ4n) is 3.18. The van der Waals surface area contributed by atoms with Crippen LogP contribution < -0.4 is 0 Å². The average molecular weight is 349 g/mol. The van der Waals surface area contributed by atoms with Gasteiger partial charge in [0.25, 0.3) is 11.8 Å². The topological polar surface area (TPSA) is 43.8 Å². The van der Waals surface area contributed by atoms with Crippen molar-refractivity contribution in [2.75, 3.05) is 26.2 Å². The monoisotopic (exact) mass is 348 g/mol. The quantitative estimate of drug-likeness (QED) is 0.908. The number of alkyl halides is 2. The summed E-state index contributed by atoms with van der Waals surface area (Å²) in [5.74, 6) is -3.80. The van der Waals surface area contributed by atoms with Gasteiger partial charge in [-0.1, -0.05) is 11.6 Å². The van der Waals surface area contributed by atoms with Crippen molar-refractivity contribution in [3.05, 3.63) is 34.6 Å². The molecule has 2 aliphatic rings. The number of hydrogen-bond donors (Lipinski definition) is 1. The van der Waals surface area contributed by atoms with Gasteiger partial charge in [0.05, 0.1) is 23.7 Å². The van der Waals surface area contributed by atoms with Crippen molar-refractivity contribution in [1.29, 1.82) is 0 Å². The van der Waals surface area contributed by atoms with Crippen molar-refractivity contribution in [3.8, 4) is 0 Å². The first-order valence-corrected chi connectivity index (χ1v) is 7.67. The van der Waals surface area contributed by atoms with Crippen LogP contribution in [0, 0.1) is 5.82 Å². The lowest BCUT2D eigenvalue weighted by Gasteiger charge is -2.45. The third-order valence-electron chi connectivity index (χ3n) is 4.41. The number of amides is 1. The zero-order valence-corrected chi connectivity index (χ0v) is 12.9. The molecule has 0 unspecified atom stereocenters. The highest BCUT2D eigenvalue weighted by Gasteiger charge is 2.50. The van der Waals surface area contributed by atoms with E-state index < -0.39 is 30.2 Å². The molecular weight excluding hydrogens is 333 g/mol. The van der Waals surface area contributed by atoms with Crippen molar-refractivity contribution in [2.24, 2.45) is 0 Å². The van der Waals surface area contributed by atoms with Gasteiger partial charge in [0.15, 0.2) is 0 Å². The second-order valence-corrected chi connectivity index (χ2v) is 6.46. The first-order chi connectivity index (χ1) is 10.8. The maximum Gasteiger partial charge on any atom is 0.262 e. The molecule has 1 aromatic carbocycles. The molecule has 0 bridgehead atoms. The summed E-state index contributed by atoms with van der Waals surface area (Å²) >= 11 is 5.91. The third-order valence-corrected chi connectivity index (χ3v) is 4.73. The largest absolute Gasteiger partial charge is 0.395 e. The molecular formula is C15H16ClF3N2O2. The normalized spacial score (nSPS) is 24.7. The molecule has 2 heterocycles. The Morgan fingerprint density at radius 1 is 1.39 bits per heavy atom. The number of rotatable bonds is 3. The molecule has 8 heteroatoms. The Balaban J connectivity index is 1.65. The standard InChI is InChI=1S/C15H16ClF3N2O2/c16-13-2-1-9(17)3-12(13)14(23)20-5-11(6-20)21-8-15(18,19)4-10(21)7-22/h1-3,10-11,22H,4-8H2/t10-/m0/s1. The molecule has 1 aromatic rings. The lowest BCUT2D eigenvalue weighted by atomic mass is 10.0. The molecule has 23 heavy (non-hydrogen) atoms. The highest BCUT2D eigenvalue weighted by Crippen LogP contribution is 2.35. The molecule has 126 valence electrons. The smallest absolute Gasteiger partial charge is 0.262 e. The number of carbonyl (C=O) groups excluding carboxylic acids is 1. The van der Waals surface area contributed by atoms with Crippen molar-refractivity contribution in [1.82, 2.24) is 9.80 Å². The van der Waals surface area contributed by atoms with E-state index in [1.165, 1.54) is 11.0 Å². The van der Waals surface area contributed by atoms with Crippen molar-refractivity contribution in [3.63, 3.8) is 0 Å². The third kappa shape index (κ3) is 3.18. The second kappa shape index (κ2) is 5.96. The number of aliphatic hydroxyl groups excluding tert-OH is 1. The van der Waals surface area contributed by atoms with E-state index in [4.69, 9.17) is 11.6 Å². The number of nitrogens with zero attached hydrogens (tertiary/aromatic N) is 2. The molecule has 2 aliphatic heterocycles. The Labute approximate surface area is 136 Å². The highest BCUT2D eigenvalue weighted by molar-refractivity contribution is 6.33. The van der Waals surface area contributed by atoms with E-state index in [1.54, 1.807) is 4.90 Å². The summed E-state index contributed by atoms with van der Waals surface area (Å²) in [6, 6.07) is 2.72. The second-order valence-electron chi connectivity index (χ2n) is 6.06. The Bertz CT molecular complexity index is 623. The molecule has 0 aromatic heterocycles. The average Bonchev–Trinajstić information content (AvgIpc) is 2.74. The van der Waals surface area contributed by atoms with Crippen LogP contribution in [-0.4, -0.2) is 65.1 Å². The molecule has 1 atom stereocenters. The first kappa shape index (κ1) is 16.5. The predicted octanol–water partition coefficient (Wildman–Crippen LogP) is 2.01. The van der Waals surface area contributed by atoms with Gasteiger partial charge in [0.2, 0.25) is 0 Å². The SMILES string of the molecule is O=C(c1cc(F)ccc1Cl)N1CC(N2CC(F)(F)C[C@H]2CO)C1. The zero-order valence-electron chi connectivity index (χ0n) is 12.2. The fraction of sp³-hybridized carbons (Fsp3) is 0.533. The van der Waals surface area contributed by atoms with Crippen LogP contribution in [0.2, 0.25) is 5.02 Å². The van der Waals surface area contributed by atoms with Gasteiger partial charge >= 0.3 is 0 Å². The van der Waals surface area contributed by atoms with Gasteiger partial charge in [-0.05, 0) is 18.2 Å². The lowest BCUT2D eigenvalue weighted by Crippen LogP contribution is -2.62. The van der Waals surface area contributed by atoms with Crippen LogP contribution in [0.1, 0.15) is 16.8 Å². The van der Waals surface area contributed by atoms with Crippen molar-refractivity contribution in [2.45, 2.75) is 24.4 Å². The Kier molecular flexibility index (Phi) is 4.29. The Morgan fingerprint density at radius 2 is 2.09 bits per heavy atom. The Hall–Kier alpha value is -1.31. The number of benzene rings is 1. The maximum atomic E-state index is 13.5. The van der Waals surface area contributed by atoms with Crippen LogP contribution in [-0.2, 0) is 0 Å². The van der Waals surface area contributed by atoms with E-state index in [-0.39, 0.29) is 42.7 Å². The number of carbonyl (C=O) groups is 1. The molecule has 2 fully saturated rings. The summed E-state index contributed by atoms with van der Waals surface area (Å²) in [5.41, 5.74) is 0.0653. The molecule has 0 saturated carbocycles. The highest BCUT2D eigenvalue weighted by atomic mass is 35.5. The molecule has 0 spiro atoms. The lowest BCUT2D eigenvalue weighted by molar-refractivity contribution is -0.0125. The van der Waals surface area contributed by atoms with E-state index in [0.717, 1.165) is 12.1 Å². The number of likely N-dealkylation sites (tertiary alicyclic amines) is 2. The number of hydrogen-bond acceptors (Lipinski definition) is 3. The minimum atomic E-state index is -2.82. The zero-order chi connectivity index (χ0) is 16.8. The number of aliphatic hydroxyl groups is 1. The van der Waals surface area contributed by atoms with Gasteiger partial charge in [-0.15, -0.1) is 0 Å². The van der Waals surface area contributed by atoms with E-state index in [0.29, 0.717) is 0 Å².